The third-order valence-electron chi connectivity index (χ3n) is 12.6. The van der Waals surface area contributed by atoms with Crippen molar-refractivity contribution in [1.29, 1.82) is 0 Å². The standard InChI is InChI=1S/C54H108NO8P/c1-6-8-10-12-14-16-18-20-22-24-26-27-28-29-31-33-35-37-39-41-43-45-47-54(57)63-52(51-62-64(58,59)61-49-48-55(3,4)5)50-60-53(56)46-44-42-40-38-36-34-32-30-25-23-21-19-17-15-13-11-9-7-2/h52H,6-51H2,1-5H3/t52-/m1/s1. The van der Waals surface area contributed by atoms with Crippen molar-refractivity contribution >= 4 is 19.8 Å². The van der Waals surface area contributed by atoms with Crippen molar-refractivity contribution in [3.8, 4) is 0 Å². The van der Waals surface area contributed by atoms with Gasteiger partial charge < -0.3 is 27.9 Å². The fourth-order valence-electron chi connectivity index (χ4n) is 8.31. The zero-order chi connectivity index (χ0) is 47.1. The van der Waals surface area contributed by atoms with Crippen LogP contribution < -0.4 is 4.89 Å². The largest absolute Gasteiger partial charge is 0.756 e. The van der Waals surface area contributed by atoms with Gasteiger partial charge in [-0.25, -0.2) is 0 Å². The van der Waals surface area contributed by atoms with Crippen molar-refractivity contribution in [2.45, 2.75) is 290 Å². The van der Waals surface area contributed by atoms with Crippen LogP contribution in [0.15, 0.2) is 0 Å². The van der Waals surface area contributed by atoms with Crippen molar-refractivity contribution in [2.24, 2.45) is 0 Å². The lowest BCUT2D eigenvalue weighted by Crippen LogP contribution is -2.37. The molecule has 0 aliphatic carbocycles. The lowest BCUT2D eigenvalue weighted by Gasteiger charge is -2.28. The second-order valence-corrected chi connectivity index (χ2v) is 21.7. The molecule has 64 heavy (non-hydrogen) atoms. The maximum atomic E-state index is 12.8. The molecule has 0 aliphatic rings. The number of rotatable bonds is 52. The number of carbonyl (C=O) groups excluding carboxylic acids is 2. The number of likely N-dealkylation sites (N-methyl/N-ethyl adjacent to an activating group) is 1. The summed E-state index contributed by atoms with van der Waals surface area (Å²) in [6.45, 7) is 4.31. The number of quaternary nitrogens is 1. The summed E-state index contributed by atoms with van der Waals surface area (Å²) in [4.78, 5) is 37.8. The van der Waals surface area contributed by atoms with E-state index in [1.54, 1.807) is 0 Å². The van der Waals surface area contributed by atoms with Gasteiger partial charge in [0.1, 0.15) is 19.8 Å². The summed E-state index contributed by atoms with van der Waals surface area (Å²) in [6, 6.07) is 0. The van der Waals surface area contributed by atoms with Crippen LogP contribution in [0.4, 0.5) is 0 Å². The van der Waals surface area contributed by atoms with E-state index in [0.717, 1.165) is 32.1 Å². The first kappa shape index (κ1) is 63.0. The molecule has 0 rings (SSSR count). The molecule has 0 aliphatic heterocycles. The summed E-state index contributed by atoms with van der Waals surface area (Å²) in [7, 11) is 1.19. The monoisotopic (exact) mass is 930 g/mol. The normalized spacial score (nSPS) is 13.3. The van der Waals surface area contributed by atoms with Crippen molar-refractivity contribution in [3.05, 3.63) is 0 Å². The number of carbonyl (C=O) groups is 2. The molecule has 10 heteroatoms. The van der Waals surface area contributed by atoms with Crippen LogP contribution in [-0.2, 0) is 32.7 Å². The highest BCUT2D eigenvalue weighted by atomic mass is 31.2. The van der Waals surface area contributed by atoms with E-state index < -0.39 is 26.5 Å². The van der Waals surface area contributed by atoms with Gasteiger partial charge in [0.05, 0.1) is 27.7 Å². The highest BCUT2D eigenvalue weighted by Gasteiger charge is 2.22. The van der Waals surface area contributed by atoms with Crippen LogP contribution in [0.3, 0.4) is 0 Å². The fourth-order valence-corrected chi connectivity index (χ4v) is 9.03. The van der Waals surface area contributed by atoms with Crippen LogP contribution in [0.5, 0.6) is 0 Å². The molecule has 0 saturated heterocycles. The molecule has 0 N–H and O–H groups in total. The maximum absolute atomic E-state index is 12.8. The predicted octanol–water partition coefficient (Wildman–Crippen LogP) is 16.1. The minimum absolute atomic E-state index is 0.0252. The average Bonchev–Trinajstić information content (AvgIpc) is 3.25. The molecule has 9 nitrogen and oxygen atoms in total. The van der Waals surface area contributed by atoms with E-state index in [1.165, 1.54) is 218 Å². The number of phosphoric ester groups is 1. The van der Waals surface area contributed by atoms with E-state index in [4.69, 9.17) is 18.5 Å². The molecule has 0 amide bonds. The van der Waals surface area contributed by atoms with E-state index in [1.807, 2.05) is 21.1 Å². The van der Waals surface area contributed by atoms with Crippen molar-refractivity contribution in [2.75, 3.05) is 47.5 Å². The van der Waals surface area contributed by atoms with Gasteiger partial charge in [-0.3, -0.25) is 14.2 Å². The molecule has 382 valence electrons. The molecule has 0 aromatic rings. The summed E-state index contributed by atoms with van der Waals surface area (Å²) in [6.07, 6.45) is 51.4. The lowest BCUT2D eigenvalue weighted by molar-refractivity contribution is -0.870. The van der Waals surface area contributed by atoms with Crippen molar-refractivity contribution < 1.29 is 42.1 Å². The third kappa shape index (κ3) is 50.4. The van der Waals surface area contributed by atoms with Crippen LogP contribution >= 0.6 is 7.82 Å². The smallest absolute Gasteiger partial charge is 0.306 e. The number of hydrogen-bond acceptors (Lipinski definition) is 8. The molecule has 0 heterocycles. The minimum Gasteiger partial charge on any atom is -0.756 e. The van der Waals surface area contributed by atoms with E-state index in [-0.39, 0.29) is 32.0 Å². The molecular weight excluding hydrogens is 822 g/mol. The number of ether oxygens (including phenoxy) is 2. The molecule has 0 spiro atoms. The summed E-state index contributed by atoms with van der Waals surface area (Å²) < 4.78 is 34.1. The van der Waals surface area contributed by atoms with Crippen LogP contribution in [-0.4, -0.2) is 70.0 Å². The number of phosphoric acid groups is 1. The second kappa shape index (κ2) is 47.1. The third-order valence-corrected chi connectivity index (χ3v) is 13.6. The Morgan fingerprint density at radius 2 is 0.703 bits per heavy atom. The van der Waals surface area contributed by atoms with Gasteiger partial charge in [-0.15, -0.1) is 0 Å². The number of unbranched alkanes of at least 4 members (excludes halogenated alkanes) is 38. The Morgan fingerprint density at radius 3 is 1.00 bits per heavy atom. The van der Waals surface area contributed by atoms with E-state index in [0.29, 0.717) is 17.4 Å². The van der Waals surface area contributed by atoms with Gasteiger partial charge in [0.25, 0.3) is 7.82 Å². The zero-order valence-corrected chi connectivity index (χ0v) is 44.2. The molecular formula is C54H108NO8P. The SMILES string of the molecule is CCCCCCCCCCCCCCCCCCCCCCCCC(=O)O[C@H](COC(=O)CCCCCCCCCCCCCCCCCCCC)COP(=O)([O-])OCC[N+](C)(C)C. The molecule has 0 aromatic carbocycles. The van der Waals surface area contributed by atoms with Gasteiger partial charge in [-0.05, 0) is 12.8 Å². The van der Waals surface area contributed by atoms with Crippen molar-refractivity contribution in [3.63, 3.8) is 0 Å². The predicted molar refractivity (Wildman–Crippen MR) is 269 cm³/mol. The Kier molecular flexibility index (Phi) is 46.4. The Bertz CT molecular complexity index is 1050. The molecule has 1 unspecified atom stereocenters. The second-order valence-electron chi connectivity index (χ2n) is 20.3. The minimum atomic E-state index is -4.62. The topological polar surface area (TPSA) is 111 Å². The lowest BCUT2D eigenvalue weighted by atomic mass is 10.0. The number of nitrogens with zero attached hydrogens (tertiary/aromatic N) is 1. The molecule has 0 saturated carbocycles. The van der Waals surface area contributed by atoms with Gasteiger partial charge in [0.15, 0.2) is 6.10 Å². The zero-order valence-electron chi connectivity index (χ0n) is 43.3. The van der Waals surface area contributed by atoms with Crippen molar-refractivity contribution in [1.82, 2.24) is 0 Å². The number of hydrogen-bond donors (Lipinski definition) is 0. The summed E-state index contributed by atoms with van der Waals surface area (Å²) in [5.74, 6) is -0.811. The van der Waals surface area contributed by atoms with E-state index in [2.05, 4.69) is 13.8 Å². The molecule has 0 aromatic heterocycles. The Morgan fingerprint density at radius 1 is 0.422 bits per heavy atom. The molecule has 2 atom stereocenters. The Balaban J connectivity index is 4.14. The number of esters is 2. The maximum Gasteiger partial charge on any atom is 0.306 e. The highest BCUT2D eigenvalue weighted by Crippen LogP contribution is 2.38. The molecule has 0 bridgehead atoms. The van der Waals surface area contributed by atoms with E-state index in [9.17, 15) is 19.0 Å². The van der Waals surface area contributed by atoms with Crippen LogP contribution in [0.2, 0.25) is 0 Å². The first-order chi connectivity index (χ1) is 31.0. The van der Waals surface area contributed by atoms with Gasteiger partial charge in [-0.2, -0.15) is 0 Å². The summed E-state index contributed by atoms with van der Waals surface area (Å²) in [5, 5.41) is 0. The van der Waals surface area contributed by atoms with Crippen LogP contribution in [0, 0.1) is 0 Å². The molecule has 0 radical (unpaired) electrons. The van der Waals surface area contributed by atoms with Gasteiger partial charge >= 0.3 is 11.9 Å². The Hall–Kier alpha value is -0.990. The van der Waals surface area contributed by atoms with Gasteiger partial charge in [0.2, 0.25) is 0 Å². The first-order valence-corrected chi connectivity index (χ1v) is 29.2. The first-order valence-electron chi connectivity index (χ1n) is 27.7. The quantitative estimate of drug-likeness (QED) is 0.0257. The molecule has 0 fully saturated rings. The highest BCUT2D eigenvalue weighted by molar-refractivity contribution is 7.45. The average molecular weight is 930 g/mol. The van der Waals surface area contributed by atoms with E-state index >= 15 is 0 Å². The van der Waals surface area contributed by atoms with Gasteiger partial charge in [-0.1, -0.05) is 258 Å². The summed E-state index contributed by atoms with van der Waals surface area (Å²) >= 11 is 0. The summed E-state index contributed by atoms with van der Waals surface area (Å²) in [5.41, 5.74) is 0. The van der Waals surface area contributed by atoms with Crippen LogP contribution in [0.1, 0.15) is 284 Å². The Labute approximate surface area is 397 Å². The van der Waals surface area contributed by atoms with Crippen LogP contribution in [0.25, 0.3) is 0 Å². The van der Waals surface area contributed by atoms with Gasteiger partial charge in [0, 0.05) is 12.8 Å². The fraction of sp³-hybridized carbons (Fsp3) is 0.963.